The van der Waals surface area contributed by atoms with Gasteiger partial charge in [0.1, 0.15) is 5.69 Å². The molecular formula is C22H20F3N3O. The van der Waals surface area contributed by atoms with Crippen molar-refractivity contribution in [2.45, 2.75) is 25.6 Å². The van der Waals surface area contributed by atoms with E-state index in [1.165, 1.54) is 18.2 Å². The van der Waals surface area contributed by atoms with E-state index in [0.29, 0.717) is 24.3 Å². The van der Waals surface area contributed by atoms with Gasteiger partial charge in [-0.15, -0.1) is 0 Å². The van der Waals surface area contributed by atoms with Crippen LogP contribution in [0, 0.1) is 6.92 Å². The molecule has 29 heavy (non-hydrogen) atoms. The van der Waals surface area contributed by atoms with Crippen LogP contribution in [0.4, 0.5) is 13.2 Å². The number of alkyl halides is 3. The first-order valence-corrected chi connectivity index (χ1v) is 9.36. The lowest BCUT2D eigenvalue weighted by molar-refractivity contribution is -0.137. The second-order valence-electron chi connectivity index (χ2n) is 7.32. The molecule has 1 atom stereocenters. The fourth-order valence-electron chi connectivity index (χ4n) is 3.83. The molecule has 0 bridgehead atoms. The van der Waals surface area contributed by atoms with E-state index in [4.69, 9.17) is 5.10 Å². The van der Waals surface area contributed by atoms with Crippen molar-refractivity contribution in [2.24, 2.45) is 0 Å². The standard InChI is InChI=1S/C22H20F3N3O/c1-3-20(29)27-11-10-17(13-27)28-19-12-14(2)4-9-18(19)21(26-28)15-5-7-16(8-6-15)22(23,24)25/h3-9,12,17H,1,10-11,13H2,2H3. The van der Waals surface area contributed by atoms with E-state index in [1.54, 1.807) is 4.90 Å². The van der Waals surface area contributed by atoms with Crippen LogP contribution in [0.15, 0.2) is 55.1 Å². The highest BCUT2D eigenvalue weighted by molar-refractivity contribution is 5.94. The summed E-state index contributed by atoms with van der Waals surface area (Å²) in [5.74, 6) is -0.108. The summed E-state index contributed by atoms with van der Waals surface area (Å²) < 4.78 is 40.6. The number of carbonyl (C=O) groups excluding carboxylic acids is 1. The number of rotatable bonds is 3. The van der Waals surface area contributed by atoms with Crippen molar-refractivity contribution in [3.8, 4) is 11.3 Å². The van der Waals surface area contributed by atoms with Crippen LogP contribution in [0.5, 0.6) is 0 Å². The topological polar surface area (TPSA) is 38.1 Å². The van der Waals surface area contributed by atoms with Crippen LogP contribution < -0.4 is 0 Å². The van der Waals surface area contributed by atoms with Gasteiger partial charge in [0.05, 0.1) is 17.1 Å². The molecule has 0 N–H and O–H groups in total. The van der Waals surface area contributed by atoms with E-state index in [9.17, 15) is 18.0 Å². The van der Waals surface area contributed by atoms with E-state index in [1.807, 2.05) is 29.8 Å². The van der Waals surface area contributed by atoms with Gasteiger partial charge >= 0.3 is 6.18 Å². The van der Waals surface area contributed by atoms with Gasteiger partial charge in [-0.25, -0.2) is 0 Å². The normalized spacial score (nSPS) is 17.1. The summed E-state index contributed by atoms with van der Waals surface area (Å²) in [5.41, 5.74) is 2.56. The number of aromatic nitrogens is 2. The Bertz CT molecular complexity index is 1080. The molecule has 150 valence electrons. The minimum absolute atomic E-state index is 0.00592. The summed E-state index contributed by atoms with van der Waals surface area (Å²) in [4.78, 5) is 13.7. The molecule has 1 fully saturated rings. The molecule has 1 amide bonds. The number of benzene rings is 2. The number of amides is 1. The summed E-state index contributed by atoms with van der Waals surface area (Å²) in [7, 11) is 0. The summed E-state index contributed by atoms with van der Waals surface area (Å²) in [6.45, 7) is 6.67. The smallest absolute Gasteiger partial charge is 0.337 e. The van der Waals surface area contributed by atoms with Gasteiger partial charge in [0, 0.05) is 24.0 Å². The van der Waals surface area contributed by atoms with Gasteiger partial charge in [0.2, 0.25) is 5.91 Å². The maximum atomic E-state index is 12.9. The Kier molecular flexibility index (Phi) is 4.68. The van der Waals surface area contributed by atoms with Crippen LogP contribution in [-0.4, -0.2) is 33.7 Å². The molecule has 7 heteroatoms. The summed E-state index contributed by atoms with van der Waals surface area (Å²) in [5, 5.41) is 5.64. The summed E-state index contributed by atoms with van der Waals surface area (Å²) in [6.07, 6.45) is -2.31. The van der Waals surface area contributed by atoms with Gasteiger partial charge < -0.3 is 4.90 Å². The number of carbonyl (C=O) groups is 1. The molecule has 0 spiro atoms. The van der Waals surface area contributed by atoms with Gasteiger partial charge in [0.25, 0.3) is 0 Å². The SMILES string of the molecule is C=CC(=O)N1CCC(n2nc(-c3ccc(C(F)(F)F)cc3)c3ccc(C)cc32)C1. The molecule has 1 saturated heterocycles. The lowest BCUT2D eigenvalue weighted by Gasteiger charge is -2.15. The molecule has 2 heterocycles. The van der Waals surface area contributed by atoms with E-state index < -0.39 is 11.7 Å². The Morgan fingerprint density at radius 3 is 2.59 bits per heavy atom. The number of hydrogen-bond donors (Lipinski definition) is 0. The minimum atomic E-state index is -4.37. The number of hydrogen-bond acceptors (Lipinski definition) is 2. The van der Waals surface area contributed by atoms with Crippen molar-refractivity contribution in [3.63, 3.8) is 0 Å². The van der Waals surface area contributed by atoms with E-state index in [2.05, 4.69) is 6.58 Å². The van der Waals surface area contributed by atoms with Crippen molar-refractivity contribution >= 4 is 16.8 Å². The molecule has 1 aliphatic rings. The first-order valence-electron chi connectivity index (χ1n) is 9.36. The number of likely N-dealkylation sites (tertiary alicyclic amines) is 1. The summed E-state index contributed by atoms with van der Waals surface area (Å²) >= 11 is 0. The van der Waals surface area contributed by atoms with Crippen LogP contribution in [-0.2, 0) is 11.0 Å². The van der Waals surface area contributed by atoms with Crippen LogP contribution in [0.25, 0.3) is 22.2 Å². The molecule has 1 aliphatic heterocycles. The van der Waals surface area contributed by atoms with Crippen LogP contribution in [0.1, 0.15) is 23.6 Å². The van der Waals surface area contributed by atoms with Crippen LogP contribution in [0.2, 0.25) is 0 Å². The van der Waals surface area contributed by atoms with Crippen LogP contribution in [0.3, 0.4) is 0 Å². The monoisotopic (exact) mass is 399 g/mol. The van der Waals surface area contributed by atoms with Crippen molar-refractivity contribution in [1.29, 1.82) is 0 Å². The highest BCUT2D eigenvalue weighted by Gasteiger charge is 2.31. The molecule has 4 nitrogen and oxygen atoms in total. The van der Waals surface area contributed by atoms with Gasteiger partial charge in [-0.05, 0) is 43.2 Å². The number of fused-ring (bicyclic) bond motifs is 1. The maximum Gasteiger partial charge on any atom is 0.416 e. The first kappa shape index (κ1) is 19.2. The fourth-order valence-corrected chi connectivity index (χ4v) is 3.83. The van der Waals surface area contributed by atoms with Gasteiger partial charge in [-0.2, -0.15) is 18.3 Å². The first-order chi connectivity index (χ1) is 13.8. The second kappa shape index (κ2) is 7.06. The molecule has 2 aromatic carbocycles. The van der Waals surface area contributed by atoms with Crippen molar-refractivity contribution in [2.75, 3.05) is 13.1 Å². The Morgan fingerprint density at radius 2 is 1.93 bits per heavy atom. The number of halogens is 3. The van der Waals surface area contributed by atoms with Crippen molar-refractivity contribution in [1.82, 2.24) is 14.7 Å². The number of nitrogens with zero attached hydrogens (tertiary/aromatic N) is 3. The van der Waals surface area contributed by atoms with Gasteiger partial charge in [0.15, 0.2) is 0 Å². The quantitative estimate of drug-likeness (QED) is 0.582. The third kappa shape index (κ3) is 3.52. The molecular weight excluding hydrogens is 379 g/mol. The predicted molar refractivity (Wildman–Crippen MR) is 105 cm³/mol. The average Bonchev–Trinajstić information content (AvgIpc) is 3.31. The van der Waals surface area contributed by atoms with Crippen molar-refractivity contribution in [3.05, 3.63) is 66.2 Å². The lowest BCUT2D eigenvalue weighted by atomic mass is 10.0. The largest absolute Gasteiger partial charge is 0.416 e. The fraction of sp³-hybridized carbons (Fsp3) is 0.273. The average molecular weight is 399 g/mol. The third-order valence-electron chi connectivity index (χ3n) is 5.34. The molecule has 1 unspecified atom stereocenters. The van der Waals surface area contributed by atoms with E-state index in [-0.39, 0.29) is 11.9 Å². The lowest BCUT2D eigenvalue weighted by Crippen LogP contribution is -2.27. The van der Waals surface area contributed by atoms with Gasteiger partial charge in [-0.3, -0.25) is 9.48 Å². The van der Waals surface area contributed by atoms with Crippen molar-refractivity contribution < 1.29 is 18.0 Å². The van der Waals surface area contributed by atoms with E-state index >= 15 is 0 Å². The Balaban J connectivity index is 1.77. The Labute approximate surface area is 166 Å². The molecule has 3 aromatic rings. The highest BCUT2D eigenvalue weighted by Crippen LogP contribution is 2.35. The van der Waals surface area contributed by atoms with Gasteiger partial charge in [-0.1, -0.05) is 30.8 Å². The third-order valence-corrected chi connectivity index (χ3v) is 5.34. The molecule has 1 aromatic heterocycles. The zero-order chi connectivity index (χ0) is 20.8. The maximum absolute atomic E-state index is 12.9. The zero-order valence-electron chi connectivity index (χ0n) is 15.9. The Morgan fingerprint density at radius 1 is 1.21 bits per heavy atom. The molecule has 0 saturated carbocycles. The second-order valence-corrected chi connectivity index (χ2v) is 7.32. The predicted octanol–water partition coefficient (Wildman–Crippen LogP) is 4.99. The minimum Gasteiger partial charge on any atom is -0.337 e. The molecule has 4 rings (SSSR count). The van der Waals surface area contributed by atoms with E-state index in [0.717, 1.165) is 35.0 Å². The highest BCUT2D eigenvalue weighted by atomic mass is 19.4. The molecule has 0 aliphatic carbocycles. The summed E-state index contributed by atoms with van der Waals surface area (Å²) in [6, 6.07) is 11.0. The molecule has 0 radical (unpaired) electrons. The zero-order valence-corrected chi connectivity index (χ0v) is 15.9. The van der Waals surface area contributed by atoms with Crippen LogP contribution >= 0.6 is 0 Å². The number of aryl methyl sites for hydroxylation is 1. The Hall–Kier alpha value is -3.09.